The molecule has 9 nitrogen and oxygen atoms in total. The van der Waals surface area contributed by atoms with Crippen molar-refractivity contribution in [3.05, 3.63) is 23.5 Å². The van der Waals surface area contributed by atoms with Gasteiger partial charge in [0, 0.05) is 25.8 Å². The van der Waals surface area contributed by atoms with Crippen LogP contribution in [0.25, 0.3) is 0 Å². The fourth-order valence-corrected chi connectivity index (χ4v) is 5.79. The number of aliphatic hydroxyl groups excluding tert-OH is 1. The lowest BCUT2D eigenvalue weighted by Crippen LogP contribution is -2.55. The van der Waals surface area contributed by atoms with E-state index in [0.29, 0.717) is 25.0 Å². The number of hydrogen-bond acceptors (Lipinski definition) is 9. The second kappa shape index (κ2) is 9.43. The van der Waals surface area contributed by atoms with Gasteiger partial charge in [-0.15, -0.1) is 11.6 Å². The molecule has 34 heavy (non-hydrogen) atoms. The minimum atomic E-state index is -1.52. The molecule has 1 aliphatic carbocycles. The predicted molar refractivity (Wildman–Crippen MR) is 120 cm³/mol. The summed E-state index contributed by atoms with van der Waals surface area (Å²) in [7, 11) is 0. The largest absolute Gasteiger partial charge is 0.462 e. The zero-order valence-corrected chi connectivity index (χ0v) is 20.6. The van der Waals surface area contributed by atoms with Gasteiger partial charge in [-0.3, -0.25) is 9.59 Å². The summed E-state index contributed by atoms with van der Waals surface area (Å²) in [5, 5.41) is 22.8. The van der Waals surface area contributed by atoms with E-state index in [1.807, 2.05) is 13.8 Å². The second-order valence-electron chi connectivity index (χ2n) is 10.1. The van der Waals surface area contributed by atoms with Crippen molar-refractivity contribution in [3.63, 3.8) is 0 Å². The lowest BCUT2D eigenvalue weighted by Gasteiger charge is -2.46. The topological polar surface area (TPSA) is 127 Å². The Morgan fingerprint density at radius 2 is 2.00 bits per heavy atom. The van der Waals surface area contributed by atoms with Crippen LogP contribution >= 0.6 is 11.6 Å². The minimum absolute atomic E-state index is 0.136. The first kappa shape index (κ1) is 25.4. The van der Waals surface area contributed by atoms with E-state index in [-0.39, 0.29) is 24.5 Å². The van der Waals surface area contributed by atoms with Crippen LogP contribution in [0.15, 0.2) is 23.5 Å². The molecule has 0 aromatic carbocycles. The number of rotatable bonds is 6. The second-order valence-corrected chi connectivity index (χ2v) is 10.3. The summed E-state index contributed by atoms with van der Waals surface area (Å²) < 4.78 is 28.5. The van der Waals surface area contributed by atoms with Crippen molar-refractivity contribution in [3.8, 4) is 0 Å². The Morgan fingerprint density at radius 3 is 2.56 bits per heavy atom. The van der Waals surface area contributed by atoms with Gasteiger partial charge in [0.15, 0.2) is 6.10 Å². The first-order valence-electron chi connectivity index (χ1n) is 11.6. The van der Waals surface area contributed by atoms with E-state index in [9.17, 15) is 19.8 Å². The molecule has 0 unspecified atom stereocenters. The summed E-state index contributed by atoms with van der Waals surface area (Å²) in [6, 6.07) is 0. The number of fused-ring (bicyclic) bond motifs is 3. The van der Waals surface area contributed by atoms with Crippen molar-refractivity contribution in [2.45, 2.75) is 88.9 Å². The molecule has 3 fully saturated rings. The van der Waals surface area contributed by atoms with Crippen LogP contribution in [0.1, 0.15) is 47.0 Å². The molecule has 4 aliphatic rings. The SMILES string of the molecule is CC(=O)O[C@H]1OC=C([C@@H](OC(C)=O)[C@@H](O)C=C(C)C)[C@H]2CC[C@@]3(CO3)[C@H]3O[C@@H]3C[C@@](O)(CCl)[C@H]12. The number of epoxide rings is 2. The lowest BCUT2D eigenvalue weighted by molar-refractivity contribution is -0.212. The van der Waals surface area contributed by atoms with Gasteiger partial charge in [-0.25, -0.2) is 0 Å². The maximum atomic E-state index is 12.0. The highest BCUT2D eigenvalue weighted by Gasteiger charge is 2.67. The summed E-state index contributed by atoms with van der Waals surface area (Å²) in [6.07, 6.45) is 0.604. The minimum Gasteiger partial charge on any atom is -0.462 e. The first-order chi connectivity index (χ1) is 16.0. The molecule has 0 aromatic rings. The number of allylic oxidation sites excluding steroid dienone is 1. The Balaban J connectivity index is 1.78. The van der Waals surface area contributed by atoms with Crippen molar-refractivity contribution >= 4 is 23.5 Å². The van der Waals surface area contributed by atoms with Crippen LogP contribution in [-0.4, -0.2) is 76.5 Å². The normalized spacial score (nSPS) is 40.0. The average molecular weight is 501 g/mol. The van der Waals surface area contributed by atoms with Crippen molar-refractivity contribution < 1.29 is 43.5 Å². The van der Waals surface area contributed by atoms with Crippen LogP contribution in [0.5, 0.6) is 0 Å². The zero-order chi connectivity index (χ0) is 24.8. The molecule has 1 saturated carbocycles. The van der Waals surface area contributed by atoms with Crippen LogP contribution in [0.3, 0.4) is 0 Å². The molecule has 3 aliphatic heterocycles. The standard InChI is InChI=1S/C24H33ClO9/c1-12(2)7-17(28)20(32-13(3)26)16-9-30-22(33-14(4)27)19-15(16)5-6-24(11-31-24)21-18(34-21)8-23(19,29)10-25/h7,9,15,17-22,28-29H,5-6,8,10-11H2,1-4H3/t15-,17+,18-,19+,20-,21+,22-,23-,24-/m1/s1. The van der Waals surface area contributed by atoms with Crippen LogP contribution in [0.2, 0.25) is 0 Å². The third-order valence-corrected chi connectivity index (χ3v) is 7.57. The molecule has 10 heteroatoms. The molecule has 0 amide bonds. The molecular weight excluding hydrogens is 468 g/mol. The Kier molecular flexibility index (Phi) is 7.05. The first-order valence-corrected chi connectivity index (χ1v) is 12.1. The Hall–Kier alpha value is -1.65. The Morgan fingerprint density at radius 1 is 1.29 bits per heavy atom. The van der Waals surface area contributed by atoms with Crippen LogP contribution < -0.4 is 0 Å². The molecule has 2 N–H and O–H groups in total. The van der Waals surface area contributed by atoms with Gasteiger partial charge in [0.2, 0.25) is 6.29 Å². The predicted octanol–water partition coefficient (Wildman–Crippen LogP) is 1.97. The monoisotopic (exact) mass is 500 g/mol. The molecule has 0 radical (unpaired) electrons. The quantitative estimate of drug-likeness (QED) is 0.243. The third-order valence-electron chi connectivity index (χ3n) is 7.11. The molecule has 0 aromatic heterocycles. The van der Waals surface area contributed by atoms with Crippen LogP contribution in [-0.2, 0) is 33.3 Å². The van der Waals surface area contributed by atoms with Gasteiger partial charge in [-0.2, -0.15) is 0 Å². The number of carbonyl (C=O) groups is 2. The van der Waals surface area contributed by atoms with E-state index in [4.69, 9.17) is 35.3 Å². The zero-order valence-electron chi connectivity index (χ0n) is 19.9. The van der Waals surface area contributed by atoms with Crippen LogP contribution in [0.4, 0.5) is 0 Å². The van der Waals surface area contributed by atoms with Crippen molar-refractivity contribution in [2.24, 2.45) is 11.8 Å². The molecule has 3 heterocycles. The summed E-state index contributed by atoms with van der Waals surface area (Å²) in [5.74, 6) is -2.56. The maximum Gasteiger partial charge on any atom is 0.305 e. The number of carbonyl (C=O) groups excluding carboxylic acids is 2. The van der Waals surface area contributed by atoms with Gasteiger partial charge in [-0.05, 0) is 32.6 Å². The Bertz CT molecular complexity index is 878. The number of hydrogen-bond donors (Lipinski definition) is 2. The number of halogens is 1. The number of ether oxygens (including phenoxy) is 5. The summed E-state index contributed by atoms with van der Waals surface area (Å²) >= 11 is 6.34. The summed E-state index contributed by atoms with van der Waals surface area (Å²) in [4.78, 5) is 23.9. The van der Waals surface area contributed by atoms with Gasteiger partial charge in [-0.1, -0.05) is 11.6 Å². The fraction of sp³-hybridized carbons (Fsp3) is 0.750. The molecular formula is C24H33ClO9. The molecule has 4 rings (SSSR count). The van der Waals surface area contributed by atoms with E-state index in [0.717, 1.165) is 5.57 Å². The Labute approximate surface area is 204 Å². The van der Waals surface area contributed by atoms with Gasteiger partial charge < -0.3 is 33.9 Å². The van der Waals surface area contributed by atoms with E-state index in [1.54, 1.807) is 6.08 Å². The summed E-state index contributed by atoms with van der Waals surface area (Å²) in [6.45, 7) is 6.74. The molecule has 0 bridgehead atoms. The number of alkyl halides is 1. The average Bonchev–Trinajstić information content (AvgIpc) is 3.65. The van der Waals surface area contributed by atoms with E-state index < -0.39 is 53.5 Å². The maximum absolute atomic E-state index is 12.0. The number of esters is 2. The van der Waals surface area contributed by atoms with Gasteiger partial charge in [0.05, 0.1) is 36.4 Å². The summed E-state index contributed by atoms with van der Waals surface area (Å²) in [5.41, 5.74) is -0.619. The fourth-order valence-electron chi connectivity index (χ4n) is 5.51. The van der Waals surface area contributed by atoms with Crippen molar-refractivity contribution in [1.29, 1.82) is 0 Å². The van der Waals surface area contributed by atoms with Crippen molar-refractivity contribution in [1.82, 2.24) is 0 Å². The highest BCUT2D eigenvalue weighted by atomic mass is 35.5. The molecule has 190 valence electrons. The highest BCUT2D eigenvalue weighted by molar-refractivity contribution is 6.18. The number of aliphatic hydroxyl groups is 2. The lowest BCUT2D eigenvalue weighted by atomic mass is 9.69. The van der Waals surface area contributed by atoms with E-state index in [1.165, 1.54) is 20.1 Å². The van der Waals surface area contributed by atoms with Gasteiger partial charge in [0.25, 0.3) is 0 Å². The van der Waals surface area contributed by atoms with Crippen LogP contribution in [0, 0.1) is 11.8 Å². The highest BCUT2D eigenvalue weighted by Crippen LogP contribution is 2.55. The van der Waals surface area contributed by atoms with E-state index in [2.05, 4.69) is 0 Å². The smallest absolute Gasteiger partial charge is 0.305 e. The molecule has 2 saturated heterocycles. The van der Waals surface area contributed by atoms with E-state index >= 15 is 0 Å². The molecule has 9 atom stereocenters. The van der Waals surface area contributed by atoms with Crippen molar-refractivity contribution in [2.75, 3.05) is 12.5 Å². The van der Waals surface area contributed by atoms with Gasteiger partial charge >= 0.3 is 11.9 Å². The third kappa shape index (κ3) is 4.99. The molecule has 1 spiro atoms. The van der Waals surface area contributed by atoms with Gasteiger partial charge in [0.1, 0.15) is 17.8 Å².